The summed E-state index contributed by atoms with van der Waals surface area (Å²) in [4.78, 5) is 50.2. The van der Waals surface area contributed by atoms with Crippen LogP contribution in [0.5, 0.6) is 0 Å². The number of aromatic carboxylic acids is 2. The van der Waals surface area contributed by atoms with Crippen molar-refractivity contribution in [1.29, 1.82) is 0 Å². The number of nitrogen functional groups attached to an aromatic ring is 2. The standard InChI is InChI=1S/C30H16N2O12S2/c31-25-17(45(39,40)41)7-15-16-8-18(46(42,43)44)26(32)24-22(16)20(14-6-10(30(37)38)2-4-12(14)28(24)34)19-13-5-9(29(35)36)1-3-11(13)27(33)23(25)21(15)19/h1-8H,31-32H2,(H,35,36)(H,37,38)(H,39,40,41)(H,42,43,44). The van der Waals surface area contributed by atoms with E-state index in [-0.39, 0.29) is 65.0 Å². The highest BCUT2D eigenvalue weighted by Gasteiger charge is 2.30. The highest BCUT2D eigenvalue weighted by Crippen LogP contribution is 2.48. The molecule has 46 heavy (non-hydrogen) atoms. The van der Waals surface area contributed by atoms with E-state index in [1.807, 2.05) is 0 Å². The molecule has 230 valence electrons. The van der Waals surface area contributed by atoms with Gasteiger partial charge in [-0.05, 0) is 80.8 Å². The van der Waals surface area contributed by atoms with Crippen molar-refractivity contribution < 1.29 is 45.7 Å². The van der Waals surface area contributed by atoms with E-state index in [0.29, 0.717) is 0 Å². The largest absolute Gasteiger partial charge is 0.478 e. The SMILES string of the molecule is Nc1c(S(=O)(=O)O)cc2c3cc(S(=O)(=O)O)c(N)c4c(=O)c5ccc(C(=O)O)cc5c(c43)c3c4cc(C(=O)O)ccc4c(=O)c1c23. The summed E-state index contributed by atoms with van der Waals surface area (Å²) < 4.78 is 70.2. The van der Waals surface area contributed by atoms with Crippen molar-refractivity contribution in [3.05, 3.63) is 80.1 Å². The number of hydrogen-bond acceptors (Lipinski definition) is 10. The highest BCUT2D eigenvalue weighted by molar-refractivity contribution is 7.86. The summed E-state index contributed by atoms with van der Waals surface area (Å²) in [6.45, 7) is 0. The van der Waals surface area contributed by atoms with Crippen LogP contribution in [0.15, 0.2) is 67.9 Å². The summed E-state index contributed by atoms with van der Waals surface area (Å²) in [6, 6.07) is 8.62. The molecule has 0 saturated heterocycles. The fourth-order valence-corrected chi connectivity index (χ4v) is 7.71. The lowest BCUT2D eigenvalue weighted by molar-refractivity contribution is 0.0686. The van der Waals surface area contributed by atoms with Gasteiger partial charge in [0.1, 0.15) is 9.79 Å². The van der Waals surface area contributed by atoms with Gasteiger partial charge in [-0.3, -0.25) is 18.7 Å². The van der Waals surface area contributed by atoms with Crippen molar-refractivity contribution in [2.45, 2.75) is 9.79 Å². The molecule has 0 heterocycles. The van der Waals surface area contributed by atoms with Crippen LogP contribution >= 0.6 is 0 Å². The number of nitrogens with two attached hydrogens (primary N) is 2. The summed E-state index contributed by atoms with van der Waals surface area (Å²) >= 11 is 0. The van der Waals surface area contributed by atoms with Crippen molar-refractivity contribution in [3.8, 4) is 0 Å². The molecule has 0 aromatic heterocycles. The molecule has 7 rings (SSSR count). The van der Waals surface area contributed by atoms with E-state index in [1.165, 1.54) is 12.1 Å². The van der Waals surface area contributed by atoms with Gasteiger partial charge in [0.15, 0.2) is 10.9 Å². The maximum Gasteiger partial charge on any atom is 0.335 e. The van der Waals surface area contributed by atoms with Crippen LogP contribution in [0.25, 0.3) is 64.6 Å². The zero-order valence-corrected chi connectivity index (χ0v) is 24.3. The van der Waals surface area contributed by atoms with Crippen LogP contribution in [-0.4, -0.2) is 48.1 Å². The van der Waals surface area contributed by atoms with Gasteiger partial charge in [-0.2, -0.15) is 16.8 Å². The summed E-state index contributed by atoms with van der Waals surface area (Å²) in [6.07, 6.45) is 0. The fraction of sp³-hybridized carbons (Fsp3) is 0. The minimum Gasteiger partial charge on any atom is -0.478 e. The Bertz CT molecular complexity index is 2770. The average Bonchev–Trinajstić information content (AvgIpc) is 2.96. The van der Waals surface area contributed by atoms with E-state index in [1.54, 1.807) is 0 Å². The molecule has 0 unspecified atom stereocenters. The van der Waals surface area contributed by atoms with Crippen LogP contribution in [0.3, 0.4) is 0 Å². The Balaban J connectivity index is 2.04. The minimum atomic E-state index is -5.15. The molecule has 0 bridgehead atoms. The van der Waals surface area contributed by atoms with Gasteiger partial charge >= 0.3 is 11.9 Å². The molecule has 7 aromatic rings. The van der Waals surface area contributed by atoms with Crippen molar-refractivity contribution >= 4 is 108 Å². The lowest BCUT2D eigenvalue weighted by Crippen LogP contribution is -2.14. The number of rotatable bonds is 4. The lowest BCUT2D eigenvalue weighted by Gasteiger charge is -2.21. The van der Waals surface area contributed by atoms with Crippen molar-refractivity contribution in [2.24, 2.45) is 0 Å². The molecule has 8 N–H and O–H groups in total. The van der Waals surface area contributed by atoms with Crippen molar-refractivity contribution in [3.63, 3.8) is 0 Å². The predicted molar refractivity (Wildman–Crippen MR) is 169 cm³/mol. The number of carboxylic acids is 2. The Labute approximate surface area is 254 Å². The number of carbonyl (C=O) groups is 2. The second-order valence-electron chi connectivity index (χ2n) is 10.7. The molecule has 0 aliphatic carbocycles. The Hall–Kier alpha value is -5.68. The first-order valence-electron chi connectivity index (χ1n) is 12.9. The molecule has 0 amide bonds. The Kier molecular flexibility index (Phi) is 5.65. The van der Waals surface area contributed by atoms with Gasteiger partial charge in [0.05, 0.1) is 33.3 Å². The molecule has 0 aliphatic heterocycles. The van der Waals surface area contributed by atoms with Crippen LogP contribution in [0.1, 0.15) is 20.7 Å². The predicted octanol–water partition coefficient (Wildman–Crippen LogP) is 3.26. The van der Waals surface area contributed by atoms with Crippen LogP contribution in [0.2, 0.25) is 0 Å². The van der Waals surface area contributed by atoms with Gasteiger partial charge in [0.25, 0.3) is 20.2 Å². The Morgan fingerprint density at radius 2 is 0.804 bits per heavy atom. The van der Waals surface area contributed by atoms with Crippen molar-refractivity contribution in [2.75, 3.05) is 11.5 Å². The molecule has 0 radical (unpaired) electrons. The molecule has 0 aliphatic rings. The Morgan fingerprint density at radius 3 is 1.11 bits per heavy atom. The van der Waals surface area contributed by atoms with E-state index in [4.69, 9.17) is 11.5 Å². The summed E-state index contributed by atoms with van der Waals surface area (Å²) in [5, 5.41) is 17.7. The van der Waals surface area contributed by atoms with Crippen LogP contribution in [0.4, 0.5) is 11.4 Å². The van der Waals surface area contributed by atoms with E-state index in [0.717, 1.165) is 36.4 Å². The topological polar surface area (TPSA) is 270 Å². The highest BCUT2D eigenvalue weighted by atomic mass is 32.2. The number of carboxylic acid groups (broad SMARTS) is 2. The summed E-state index contributed by atoms with van der Waals surface area (Å²) in [7, 11) is -10.3. The molecule has 0 atom stereocenters. The molecule has 7 aromatic carbocycles. The number of benzene rings is 7. The van der Waals surface area contributed by atoms with E-state index < -0.39 is 75.0 Å². The summed E-state index contributed by atoms with van der Waals surface area (Å²) in [5.41, 5.74) is 8.76. The van der Waals surface area contributed by atoms with Gasteiger partial charge in [-0.25, -0.2) is 9.59 Å². The van der Waals surface area contributed by atoms with Gasteiger partial charge in [0, 0.05) is 21.5 Å². The maximum absolute atomic E-state index is 14.0. The first kappa shape index (κ1) is 29.1. The first-order chi connectivity index (χ1) is 21.4. The quantitative estimate of drug-likeness (QED) is 0.0685. The molecule has 0 saturated carbocycles. The smallest absolute Gasteiger partial charge is 0.335 e. The van der Waals surface area contributed by atoms with Crippen LogP contribution in [-0.2, 0) is 20.2 Å². The molecule has 0 spiro atoms. The second-order valence-corrected chi connectivity index (χ2v) is 13.4. The zero-order valence-electron chi connectivity index (χ0n) is 22.6. The van der Waals surface area contributed by atoms with Crippen LogP contribution < -0.4 is 22.3 Å². The maximum atomic E-state index is 14.0. The first-order valence-corrected chi connectivity index (χ1v) is 15.8. The van der Waals surface area contributed by atoms with Gasteiger partial charge < -0.3 is 21.7 Å². The molecule has 16 heteroatoms. The second kappa shape index (κ2) is 8.95. The number of fused-ring (bicyclic) bond motifs is 6. The monoisotopic (exact) mass is 660 g/mol. The molecular formula is C30H16N2O12S2. The number of hydrogen-bond donors (Lipinski definition) is 6. The van der Waals surface area contributed by atoms with E-state index >= 15 is 0 Å². The third-order valence-corrected chi connectivity index (χ3v) is 10.1. The normalized spacial score (nSPS) is 12.7. The number of anilines is 2. The zero-order chi connectivity index (χ0) is 33.4. The van der Waals surface area contributed by atoms with Gasteiger partial charge in [-0.1, -0.05) is 0 Å². The lowest BCUT2D eigenvalue weighted by atomic mass is 9.83. The summed E-state index contributed by atoms with van der Waals surface area (Å²) in [5.74, 6) is -2.75. The van der Waals surface area contributed by atoms with E-state index in [2.05, 4.69) is 0 Å². The Morgan fingerprint density at radius 1 is 0.500 bits per heavy atom. The third-order valence-electron chi connectivity index (χ3n) is 8.27. The minimum absolute atomic E-state index is 0.0114. The average molecular weight is 661 g/mol. The fourth-order valence-electron chi connectivity index (χ4n) is 6.41. The van der Waals surface area contributed by atoms with Gasteiger partial charge in [-0.15, -0.1) is 0 Å². The van der Waals surface area contributed by atoms with Crippen molar-refractivity contribution in [1.82, 2.24) is 0 Å². The third kappa shape index (κ3) is 3.69. The molecule has 0 fully saturated rings. The molecule has 14 nitrogen and oxygen atoms in total. The van der Waals surface area contributed by atoms with Crippen LogP contribution in [0, 0.1) is 0 Å². The van der Waals surface area contributed by atoms with E-state index in [9.17, 15) is 55.3 Å². The van der Waals surface area contributed by atoms with Gasteiger partial charge in [0.2, 0.25) is 0 Å². The molecular weight excluding hydrogens is 644 g/mol.